The molecule has 0 fully saturated rings. The molecule has 1 aromatic carbocycles. The first-order valence-corrected chi connectivity index (χ1v) is 5.38. The van der Waals surface area contributed by atoms with Crippen LogP contribution in [0.25, 0.3) is 11.1 Å². The lowest BCUT2D eigenvalue weighted by Crippen LogP contribution is -2.35. The van der Waals surface area contributed by atoms with Gasteiger partial charge in [0.05, 0.1) is 17.2 Å². The van der Waals surface area contributed by atoms with Gasteiger partial charge in [0.1, 0.15) is 0 Å². The maximum absolute atomic E-state index is 11.3. The minimum absolute atomic E-state index is 0.408. The molecule has 5 nitrogen and oxygen atoms in total. The predicted octanol–water partition coefficient (Wildman–Crippen LogP) is 0.902. The molecule has 0 aliphatic rings. The molecule has 0 aliphatic carbocycles. The van der Waals surface area contributed by atoms with Gasteiger partial charge in [0, 0.05) is 7.05 Å². The second kappa shape index (κ2) is 3.72. The smallest absolute Gasteiger partial charge is 0.408 e. The molecule has 0 bridgehead atoms. The number of nitrogens with zero attached hydrogens (tertiary/aromatic N) is 1. The van der Waals surface area contributed by atoms with Gasteiger partial charge in [-0.1, -0.05) is 6.07 Å². The predicted molar refractivity (Wildman–Crippen MR) is 64.7 cm³/mol. The van der Waals surface area contributed by atoms with Gasteiger partial charge in [-0.15, -0.1) is 0 Å². The normalized spacial score (nSPS) is 14.2. The minimum Gasteiger partial charge on any atom is -0.408 e. The number of oxazole rings is 1. The van der Waals surface area contributed by atoms with Gasteiger partial charge in [0.2, 0.25) is 0 Å². The Morgan fingerprint density at radius 1 is 1.47 bits per heavy atom. The van der Waals surface area contributed by atoms with Gasteiger partial charge in [-0.2, -0.15) is 0 Å². The molecule has 1 heterocycles. The van der Waals surface area contributed by atoms with E-state index in [1.165, 1.54) is 4.57 Å². The van der Waals surface area contributed by atoms with E-state index >= 15 is 0 Å². The fourth-order valence-corrected chi connectivity index (χ4v) is 1.75. The summed E-state index contributed by atoms with van der Waals surface area (Å²) in [5, 5.41) is 9.87. The number of benzene rings is 1. The largest absolute Gasteiger partial charge is 0.419 e. The Bertz CT molecular complexity index is 604. The Kier molecular flexibility index (Phi) is 2.60. The number of aryl methyl sites for hydroxylation is 1. The van der Waals surface area contributed by atoms with Crippen LogP contribution in [0.4, 0.5) is 0 Å². The van der Waals surface area contributed by atoms with E-state index in [1.54, 1.807) is 39.1 Å². The van der Waals surface area contributed by atoms with Crippen LogP contribution in [-0.2, 0) is 7.05 Å². The topological polar surface area (TPSA) is 81.4 Å². The quantitative estimate of drug-likeness (QED) is 0.811. The van der Waals surface area contributed by atoms with E-state index in [2.05, 4.69) is 0 Å². The number of rotatable bonds is 2. The van der Waals surface area contributed by atoms with Gasteiger partial charge in [-0.3, -0.25) is 4.57 Å². The molecular formula is C12H16N2O3. The van der Waals surface area contributed by atoms with Crippen molar-refractivity contribution in [3.05, 3.63) is 34.3 Å². The first kappa shape index (κ1) is 11.9. The molecule has 3 N–H and O–H groups in total. The van der Waals surface area contributed by atoms with Crippen molar-refractivity contribution in [2.75, 3.05) is 0 Å². The first-order valence-electron chi connectivity index (χ1n) is 5.38. The summed E-state index contributed by atoms with van der Waals surface area (Å²) in [5.41, 5.74) is 6.89. The highest BCUT2D eigenvalue weighted by molar-refractivity contribution is 5.73. The van der Waals surface area contributed by atoms with Crippen molar-refractivity contribution in [2.45, 2.75) is 25.5 Å². The van der Waals surface area contributed by atoms with E-state index in [0.29, 0.717) is 11.1 Å². The van der Waals surface area contributed by atoms with Crippen molar-refractivity contribution >= 4 is 11.1 Å². The van der Waals surface area contributed by atoms with Crippen molar-refractivity contribution in [1.82, 2.24) is 4.57 Å². The zero-order valence-electron chi connectivity index (χ0n) is 10.1. The first-order chi connectivity index (χ1) is 7.80. The summed E-state index contributed by atoms with van der Waals surface area (Å²) in [6, 6.07) is 4.70. The number of hydrogen-bond donors (Lipinski definition) is 2. The molecule has 0 amide bonds. The third-order valence-electron chi connectivity index (χ3n) is 2.94. The van der Waals surface area contributed by atoms with Crippen LogP contribution in [0.5, 0.6) is 0 Å². The van der Waals surface area contributed by atoms with Crippen molar-refractivity contribution < 1.29 is 9.52 Å². The highest BCUT2D eigenvalue weighted by Gasteiger charge is 2.25. The van der Waals surface area contributed by atoms with Gasteiger partial charge in [0.15, 0.2) is 5.58 Å². The van der Waals surface area contributed by atoms with Gasteiger partial charge >= 0.3 is 5.76 Å². The molecule has 1 atom stereocenters. The maximum atomic E-state index is 11.3. The summed E-state index contributed by atoms with van der Waals surface area (Å²) in [7, 11) is 1.63. The summed E-state index contributed by atoms with van der Waals surface area (Å²) in [6.07, 6.45) is 0. The van der Waals surface area contributed by atoms with E-state index in [4.69, 9.17) is 10.2 Å². The van der Waals surface area contributed by atoms with E-state index < -0.39 is 17.4 Å². The van der Waals surface area contributed by atoms with E-state index in [-0.39, 0.29) is 0 Å². The van der Waals surface area contributed by atoms with Crippen molar-refractivity contribution in [2.24, 2.45) is 12.8 Å². The Hall–Kier alpha value is -1.59. The lowest BCUT2D eigenvalue weighted by Gasteiger charge is -2.25. The molecule has 1 unspecified atom stereocenters. The molecule has 0 aliphatic heterocycles. The molecular weight excluding hydrogens is 220 g/mol. The lowest BCUT2D eigenvalue weighted by atomic mass is 9.93. The summed E-state index contributed by atoms with van der Waals surface area (Å²) < 4.78 is 6.44. The third-order valence-corrected chi connectivity index (χ3v) is 2.94. The van der Waals surface area contributed by atoms with E-state index in [1.807, 2.05) is 0 Å². The average Bonchev–Trinajstić information content (AvgIpc) is 2.52. The summed E-state index contributed by atoms with van der Waals surface area (Å²) >= 11 is 0. The van der Waals surface area contributed by atoms with Crippen LogP contribution < -0.4 is 11.5 Å². The number of nitrogens with two attached hydrogens (primary N) is 1. The lowest BCUT2D eigenvalue weighted by molar-refractivity contribution is 0.0517. The van der Waals surface area contributed by atoms with Crippen LogP contribution >= 0.6 is 0 Å². The monoisotopic (exact) mass is 236 g/mol. The van der Waals surface area contributed by atoms with Crippen LogP contribution in [0.15, 0.2) is 27.4 Å². The maximum Gasteiger partial charge on any atom is 0.419 e. The fourth-order valence-electron chi connectivity index (χ4n) is 1.75. The van der Waals surface area contributed by atoms with Crippen molar-refractivity contribution in [1.29, 1.82) is 0 Å². The van der Waals surface area contributed by atoms with Crippen LogP contribution in [-0.4, -0.2) is 15.3 Å². The molecule has 2 aromatic rings. The van der Waals surface area contributed by atoms with Crippen LogP contribution in [0.2, 0.25) is 0 Å². The molecule has 2 rings (SSSR count). The molecule has 92 valence electrons. The molecule has 0 spiro atoms. The molecule has 0 saturated heterocycles. The second-order valence-electron chi connectivity index (χ2n) is 4.79. The highest BCUT2D eigenvalue weighted by Crippen LogP contribution is 2.25. The van der Waals surface area contributed by atoms with Crippen molar-refractivity contribution in [3.63, 3.8) is 0 Å². The van der Waals surface area contributed by atoms with Crippen molar-refractivity contribution in [3.8, 4) is 0 Å². The summed E-state index contributed by atoms with van der Waals surface area (Å²) in [5.74, 6) is -0.408. The SMILES string of the molecule is Cn1c(=O)oc2ccc(C(N)C(C)(C)O)cc21. The van der Waals surface area contributed by atoms with Gasteiger partial charge in [-0.05, 0) is 31.5 Å². The Morgan fingerprint density at radius 2 is 2.12 bits per heavy atom. The number of aliphatic hydroxyl groups is 1. The van der Waals surface area contributed by atoms with E-state index in [9.17, 15) is 9.90 Å². The molecule has 17 heavy (non-hydrogen) atoms. The number of fused-ring (bicyclic) bond motifs is 1. The zero-order valence-corrected chi connectivity index (χ0v) is 10.1. The number of hydrogen-bond acceptors (Lipinski definition) is 4. The van der Waals surface area contributed by atoms with Gasteiger partial charge < -0.3 is 15.3 Å². The Balaban J connectivity index is 2.58. The number of aromatic nitrogens is 1. The second-order valence-corrected chi connectivity index (χ2v) is 4.79. The summed E-state index contributed by atoms with van der Waals surface area (Å²) in [4.78, 5) is 11.3. The van der Waals surface area contributed by atoms with Crippen LogP contribution in [0.3, 0.4) is 0 Å². The van der Waals surface area contributed by atoms with Crippen LogP contribution in [0.1, 0.15) is 25.5 Å². The molecule has 5 heteroatoms. The summed E-state index contributed by atoms with van der Waals surface area (Å²) in [6.45, 7) is 3.30. The minimum atomic E-state index is -1.02. The molecule has 0 saturated carbocycles. The molecule has 0 radical (unpaired) electrons. The highest BCUT2D eigenvalue weighted by atomic mass is 16.4. The Labute approximate surface area is 98.5 Å². The van der Waals surface area contributed by atoms with Gasteiger partial charge in [-0.25, -0.2) is 4.79 Å². The Morgan fingerprint density at radius 3 is 2.71 bits per heavy atom. The van der Waals surface area contributed by atoms with Gasteiger partial charge in [0.25, 0.3) is 0 Å². The molecule has 1 aromatic heterocycles. The van der Waals surface area contributed by atoms with E-state index in [0.717, 1.165) is 5.56 Å². The fraction of sp³-hybridized carbons (Fsp3) is 0.417. The zero-order chi connectivity index (χ0) is 12.8. The standard InChI is InChI=1S/C12H16N2O3/c1-12(2,16)10(13)7-4-5-9-8(6-7)14(3)11(15)17-9/h4-6,10,16H,13H2,1-3H3. The third kappa shape index (κ3) is 1.99. The van der Waals surface area contributed by atoms with Crippen LogP contribution in [0, 0.1) is 0 Å². The average molecular weight is 236 g/mol.